The molecule has 0 saturated heterocycles. The van der Waals surface area contributed by atoms with E-state index in [9.17, 15) is 0 Å². The number of aliphatic hydroxyl groups is 1. The smallest absolute Gasteiger partial charge is 0.137 e. The monoisotopic (exact) mass is 449 g/mol. The minimum Gasteiger partial charge on any atom is -0.396 e. The summed E-state index contributed by atoms with van der Waals surface area (Å²) in [6.45, 7) is 2.15. The Balaban J connectivity index is 0. The average Bonchev–Trinajstić information content (AvgIpc) is 2.25. The van der Waals surface area contributed by atoms with E-state index in [2.05, 4.69) is 0 Å². The van der Waals surface area contributed by atoms with Crippen LogP contribution in [-0.4, -0.2) is 28.0 Å². The molecule has 0 aromatic rings. The maximum atomic E-state index is 8.56. The van der Waals surface area contributed by atoms with Crippen molar-refractivity contribution in [3.63, 3.8) is 0 Å². The average molecular weight is 449 g/mol. The third-order valence-corrected chi connectivity index (χ3v) is 2.42. The van der Waals surface area contributed by atoms with Gasteiger partial charge in [0.05, 0.1) is 7.38 Å². The van der Waals surface area contributed by atoms with Crippen LogP contribution in [-0.2, 0) is 4.18 Å². The Hall–Kier alpha value is 1.95. The van der Waals surface area contributed by atoms with Crippen LogP contribution in [0, 0.1) is 44.1 Å². The van der Waals surface area contributed by atoms with E-state index in [1.807, 2.05) is 19.1 Å². The topological polar surface area (TPSA) is 29.5 Å². The summed E-state index contributed by atoms with van der Waals surface area (Å²) < 4.78 is 19.4. The van der Waals surface area contributed by atoms with Crippen LogP contribution in [0.3, 0.4) is 0 Å². The van der Waals surface area contributed by atoms with E-state index < -0.39 is 7.61 Å². The van der Waals surface area contributed by atoms with Crippen molar-refractivity contribution in [2.45, 2.75) is 32.3 Å². The predicted octanol–water partition coefficient (Wildman–Crippen LogP) is 2.17. The maximum Gasteiger partial charge on any atom is 0.137 e. The SMILES string of the molecule is [2H]P([B][3H])SOC(C)/C=C/CCCCO.[Ac]. The Labute approximate surface area is 132 Å². The molecule has 0 amide bonds. The number of hydrogen-bond donors (Lipinski definition) is 1. The fourth-order valence-corrected chi connectivity index (χ4v) is 1.59. The first kappa shape index (κ1) is 14.0. The Morgan fingerprint density at radius 3 is 3.29 bits per heavy atom. The summed E-state index contributed by atoms with van der Waals surface area (Å²) in [5.74, 6) is 0. The number of hydrogen-bond acceptors (Lipinski definition) is 3. The zero-order valence-corrected chi connectivity index (χ0v) is 14.9. The van der Waals surface area contributed by atoms with Gasteiger partial charge in [0, 0.05) is 62.3 Å². The van der Waals surface area contributed by atoms with Gasteiger partial charge in [-0.15, -0.1) is 0 Å². The van der Waals surface area contributed by atoms with E-state index in [0.29, 0.717) is 0 Å². The molecule has 0 aliphatic carbocycles. The predicted molar refractivity (Wildman–Crippen MR) is 63.7 cm³/mol. The van der Waals surface area contributed by atoms with Crippen LogP contribution in [0.25, 0.3) is 0 Å². The van der Waals surface area contributed by atoms with E-state index in [-0.39, 0.29) is 56.8 Å². The van der Waals surface area contributed by atoms with E-state index in [1.54, 1.807) is 0 Å². The zero-order valence-electron chi connectivity index (χ0n) is 10.4. The van der Waals surface area contributed by atoms with Crippen LogP contribution in [0.2, 0.25) is 0 Å². The second-order valence-corrected chi connectivity index (χ2v) is 4.26. The molecule has 14 heavy (non-hydrogen) atoms. The van der Waals surface area contributed by atoms with Crippen molar-refractivity contribution in [3.8, 4) is 0 Å². The van der Waals surface area contributed by atoms with E-state index >= 15 is 0 Å². The van der Waals surface area contributed by atoms with Crippen LogP contribution in [0.1, 0.15) is 26.2 Å². The molecular formula is C8H17AcBO2PS. The summed E-state index contributed by atoms with van der Waals surface area (Å²) in [6, 6.07) is 0. The Bertz CT molecular complexity index is 182. The standard InChI is InChI=1S/C8H17BO2PS.Ac/c1-8(11-13-12-9)6-4-2-3-5-7-10;/h4,6,8-10,12H,2-3,5,7H2,1H3;/b6-4+;/i9T,12D;. The fourth-order valence-electron chi connectivity index (χ4n) is 0.787. The summed E-state index contributed by atoms with van der Waals surface area (Å²) in [4.78, 5) is 0. The summed E-state index contributed by atoms with van der Waals surface area (Å²) in [7, 11) is -0.121. The molecule has 2 atom stereocenters. The van der Waals surface area contributed by atoms with Gasteiger partial charge in [0.25, 0.3) is 0 Å². The molecule has 0 aliphatic rings. The minimum atomic E-state index is -1.22. The van der Waals surface area contributed by atoms with Gasteiger partial charge in [-0.25, -0.2) is 0 Å². The van der Waals surface area contributed by atoms with Gasteiger partial charge in [0.2, 0.25) is 0 Å². The van der Waals surface area contributed by atoms with Gasteiger partial charge in [-0.3, -0.25) is 0 Å². The first-order valence-electron chi connectivity index (χ1n) is 5.34. The number of unbranched alkanes of at least 4 members (excludes halogenated alkanes) is 2. The number of aliphatic hydroxyl groups excluding tert-OH is 1. The number of rotatable bonds is 9. The zero-order chi connectivity index (χ0) is 11.5. The van der Waals surface area contributed by atoms with Gasteiger partial charge in [-0.1, -0.05) is 19.8 Å². The summed E-state index contributed by atoms with van der Waals surface area (Å²) in [5.41, 5.74) is 0. The third kappa shape index (κ3) is 13.9. The molecule has 0 saturated carbocycles. The quantitative estimate of drug-likeness (QED) is 0.193. The second kappa shape index (κ2) is 14.9. The molecule has 2 nitrogen and oxygen atoms in total. The molecule has 78 valence electrons. The molecule has 0 fully saturated rings. The van der Waals surface area contributed by atoms with E-state index in [4.69, 9.17) is 11.9 Å². The second-order valence-electron chi connectivity index (χ2n) is 2.63. The molecule has 0 bridgehead atoms. The molecule has 0 aromatic heterocycles. The van der Waals surface area contributed by atoms with Gasteiger partial charge in [0.15, 0.2) is 0 Å². The molecule has 2 unspecified atom stereocenters. The summed E-state index contributed by atoms with van der Waals surface area (Å²) in [6.07, 6.45) is 6.70. The molecule has 2 radical (unpaired) electrons. The largest absolute Gasteiger partial charge is 0.396 e. The molecule has 0 rings (SSSR count). The molecule has 0 spiro atoms. The minimum absolute atomic E-state index is 0. The first-order chi connectivity index (χ1) is 7.20. The van der Waals surface area contributed by atoms with Crippen molar-refractivity contribution < 1.29 is 53.4 Å². The molecular weight excluding hydrogens is 429 g/mol. The van der Waals surface area contributed by atoms with Crippen molar-refractivity contribution >= 4 is 26.8 Å². The van der Waals surface area contributed by atoms with Crippen LogP contribution >= 0.6 is 19.3 Å². The van der Waals surface area contributed by atoms with Crippen molar-refractivity contribution in [1.82, 2.24) is 0 Å². The summed E-state index contributed by atoms with van der Waals surface area (Å²) in [5, 5.41) is 8.56. The normalized spacial score (nSPS) is 16.7. The van der Waals surface area contributed by atoms with Gasteiger partial charge in [-0.05, 0) is 27.5 Å². The van der Waals surface area contributed by atoms with Crippen LogP contribution in [0.15, 0.2) is 12.2 Å². The van der Waals surface area contributed by atoms with Gasteiger partial charge < -0.3 is 9.29 Å². The molecule has 0 aromatic carbocycles. The van der Waals surface area contributed by atoms with Crippen molar-refractivity contribution in [2.24, 2.45) is 0 Å². The van der Waals surface area contributed by atoms with Crippen molar-refractivity contribution in [3.05, 3.63) is 12.2 Å². The van der Waals surface area contributed by atoms with Gasteiger partial charge in [-0.2, -0.15) is 0 Å². The van der Waals surface area contributed by atoms with Crippen molar-refractivity contribution in [2.75, 3.05) is 6.61 Å². The first-order valence-corrected chi connectivity index (χ1v) is 6.62. The summed E-state index contributed by atoms with van der Waals surface area (Å²) >= 11 is 1.05. The van der Waals surface area contributed by atoms with E-state index in [1.165, 1.54) is 0 Å². The van der Waals surface area contributed by atoms with Crippen LogP contribution in [0.4, 0.5) is 0 Å². The molecule has 0 aliphatic heterocycles. The third-order valence-electron chi connectivity index (χ3n) is 1.42. The van der Waals surface area contributed by atoms with E-state index in [0.717, 1.165) is 38.5 Å². The van der Waals surface area contributed by atoms with Gasteiger partial charge >= 0.3 is 0 Å². The van der Waals surface area contributed by atoms with Crippen LogP contribution < -0.4 is 0 Å². The fraction of sp³-hybridized carbons (Fsp3) is 0.750. The number of allylic oxidation sites excluding steroid dienone is 1. The van der Waals surface area contributed by atoms with Crippen molar-refractivity contribution in [1.29, 1.82) is 2.61 Å². The molecule has 0 heterocycles. The molecule has 1 N–H and O–H groups in total. The Kier molecular flexibility index (Phi) is 15.0. The maximum absolute atomic E-state index is 8.56. The Morgan fingerprint density at radius 2 is 2.64 bits per heavy atom. The van der Waals surface area contributed by atoms with Gasteiger partial charge in [0.1, 0.15) is 7.53 Å². The van der Waals surface area contributed by atoms with Crippen LogP contribution in [0.5, 0.6) is 0 Å². The Morgan fingerprint density at radius 1 is 1.86 bits per heavy atom. The molecule has 6 heteroatoms.